The maximum absolute atomic E-state index is 13.0. The third kappa shape index (κ3) is 5.34. The Labute approximate surface area is 165 Å². The van der Waals surface area contributed by atoms with E-state index in [1.807, 2.05) is 0 Å². The first kappa shape index (κ1) is 20.8. The highest BCUT2D eigenvalue weighted by Crippen LogP contribution is 2.48. The second-order valence-corrected chi connectivity index (χ2v) is 7.25. The molecule has 4 nitrogen and oxygen atoms in total. The predicted octanol–water partition coefficient (Wildman–Crippen LogP) is 3.41. The summed E-state index contributed by atoms with van der Waals surface area (Å²) in [7, 11) is 0. The molecule has 3 unspecified atom stereocenters. The molecule has 1 fully saturated rings. The van der Waals surface area contributed by atoms with Gasteiger partial charge in [-0.25, -0.2) is 4.39 Å². The molecule has 0 bridgehead atoms. The van der Waals surface area contributed by atoms with Crippen LogP contribution < -0.4 is 11.1 Å². The number of carbonyl (C=O) groups excluding carboxylic acids is 2. The van der Waals surface area contributed by atoms with Crippen LogP contribution in [0.25, 0.3) is 0 Å². The fraction of sp³-hybridized carbons (Fsp3) is 0.333. The number of alkyl halides is 3. The zero-order valence-corrected chi connectivity index (χ0v) is 15.4. The topological polar surface area (TPSA) is 72.2 Å². The maximum atomic E-state index is 13.0. The van der Waals surface area contributed by atoms with E-state index in [0.717, 1.165) is 12.1 Å². The van der Waals surface area contributed by atoms with Crippen molar-refractivity contribution in [1.29, 1.82) is 0 Å². The number of nitrogens with one attached hydrogen (secondary N) is 1. The van der Waals surface area contributed by atoms with Crippen LogP contribution in [0, 0.1) is 17.7 Å². The molecule has 8 heteroatoms. The molecule has 0 radical (unpaired) electrons. The van der Waals surface area contributed by atoms with Crippen LogP contribution >= 0.6 is 0 Å². The lowest BCUT2D eigenvalue weighted by molar-refractivity contribution is -0.137. The van der Waals surface area contributed by atoms with E-state index < -0.39 is 35.3 Å². The van der Waals surface area contributed by atoms with Crippen LogP contribution in [-0.2, 0) is 22.2 Å². The number of hydrogen-bond donors (Lipinski definition) is 2. The molecule has 2 amide bonds. The minimum absolute atomic E-state index is 0.0113. The molecular weight excluding hydrogens is 388 g/mol. The summed E-state index contributed by atoms with van der Waals surface area (Å²) in [6, 6.07) is 10.6. The van der Waals surface area contributed by atoms with E-state index in [9.17, 15) is 27.2 Å². The molecule has 3 N–H and O–H groups in total. The average Bonchev–Trinajstić information content (AvgIpc) is 3.46. The summed E-state index contributed by atoms with van der Waals surface area (Å²) < 4.78 is 51.5. The zero-order valence-electron chi connectivity index (χ0n) is 15.4. The van der Waals surface area contributed by atoms with Crippen molar-refractivity contribution >= 4 is 11.8 Å². The van der Waals surface area contributed by atoms with Gasteiger partial charge in [-0.15, -0.1) is 0 Å². The monoisotopic (exact) mass is 408 g/mol. The summed E-state index contributed by atoms with van der Waals surface area (Å²) in [6.07, 6.45) is -3.73. The Hall–Kier alpha value is -2.90. The molecule has 1 saturated carbocycles. The van der Waals surface area contributed by atoms with E-state index in [1.165, 1.54) is 30.3 Å². The Morgan fingerprint density at radius 1 is 1.14 bits per heavy atom. The first-order valence-corrected chi connectivity index (χ1v) is 9.14. The molecule has 3 atom stereocenters. The van der Waals surface area contributed by atoms with Crippen molar-refractivity contribution in [3.8, 4) is 0 Å². The Bertz CT molecular complexity index is 896. The predicted molar refractivity (Wildman–Crippen MR) is 98.1 cm³/mol. The van der Waals surface area contributed by atoms with Crippen molar-refractivity contribution in [3.05, 3.63) is 71.0 Å². The number of hydrogen-bond acceptors (Lipinski definition) is 2. The molecule has 154 valence electrons. The van der Waals surface area contributed by atoms with Crippen LogP contribution in [-0.4, -0.2) is 18.4 Å². The molecule has 0 aromatic heterocycles. The lowest BCUT2D eigenvalue weighted by atomic mass is 9.98. The highest BCUT2D eigenvalue weighted by molar-refractivity contribution is 5.84. The van der Waals surface area contributed by atoms with Gasteiger partial charge >= 0.3 is 6.18 Å². The van der Waals surface area contributed by atoms with E-state index in [2.05, 4.69) is 5.32 Å². The largest absolute Gasteiger partial charge is 0.416 e. The van der Waals surface area contributed by atoms with Crippen LogP contribution in [0.3, 0.4) is 0 Å². The molecular formula is C21H20F4N2O2. The average molecular weight is 408 g/mol. The van der Waals surface area contributed by atoms with Crippen molar-refractivity contribution in [3.63, 3.8) is 0 Å². The van der Waals surface area contributed by atoms with Crippen LogP contribution in [0.4, 0.5) is 17.6 Å². The Morgan fingerprint density at radius 2 is 1.83 bits per heavy atom. The second kappa shape index (κ2) is 8.23. The summed E-state index contributed by atoms with van der Waals surface area (Å²) in [6.45, 7) is 0.0113. The Kier molecular flexibility index (Phi) is 5.91. The molecule has 29 heavy (non-hydrogen) atoms. The highest BCUT2D eigenvalue weighted by Gasteiger charge is 2.44. The number of carbonyl (C=O) groups is 2. The Balaban J connectivity index is 1.56. The van der Waals surface area contributed by atoms with Crippen molar-refractivity contribution in [2.24, 2.45) is 17.6 Å². The van der Waals surface area contributed by atoms with E-state index >= 15 is 0 Å². The van der Waals surface area contributed by atoms with Crippen molar-refractivity contribution < 1.29 is 27.2 Å². The van der Waals surface area contributed by atoms with Crippen molar-refractivity contribution in [1.82, 2.24) is 5.32 Å². The summed E-state index contributed by atoms with van der Waals surface area (Å²) in [5.41, 5.74) is 5.83. The number of halogens is 4. The quantitative estimate of drug-likeness (QED) is 0.690. The lowest BCUT2D eigenvalue weighted by Crippen LogP contribution is -2.38. The minimum atomic E-state index is -4.43. The van der Waals surface area contributed by atoms with Gasteiger partial charge in [-0.05, 0) is 48.1 Å². The summed E-state index contributed by atoms with van der Waals surface area (Å²) in [5.74, 6) is -2.70. The summed E-state index contributed by atoms with van der Waals surface area (Å²) in [4.78, 5) is 24.0. The van der Waals surface area contributed by atoms with Gasteiger partial charge in [-0.3, -0.25) is 9.59 Å². The van der Waals surface area contributed by atoms with Gasteiger partial charge in [-0.1, -0.05) is 30.3 Å². The van der Waals surface area contributed by atoms with E-state index in [-0.39, 0.29) is 24.8 Å². The van der Waals surface area contributed by atoms with Gasteiger partial charge < -0.3 is 11.1 Å². The van der Waals surface area contributed by atoms with Gasteiger partial charge in [0.2, 0.25) is 11.8 Å². The first-order valence-electron chi connectivity index (χ1n) is 9.14. The maximum Gasteiger partial charge on any atom is 0.416 e. The lowest BCUT2D eigenvalue weighted by Gasteiger charge is -2.15. The van der Waals surface area contributed by atoms with Crippen LogP contribution in [0.5, 0.6) is 0 Å². The minimum Gasteiger partial charge on any atom is -0.369 e. The van der Waals surface area contributed by atoms with E-state index in [1.54, 1.807) is 6.07 Å². The molecule has 2 aromatic carbocycles. The van der Waals surface area contributed by atoms with Crippen LogP contribution in [0.1, 0.15) is 29.0 Å². The molecule has 1 aliphatic carbocycles. The standard InChI is InChI=1S/C21H20F4N2O2/c22-16-6-4-12(5-7-16)8-14(19(26)28)11-27-20(29)18-10-17(18)13-2-1-3-15(9-13)21(23,24)25/h1-7,9,14,17-18H,8,10-11H2,(H2,26,28)(H,27,29). The zero-order chi connectivity index (χ0) is 21.2. The number of amides is 2. The molecule has 0 heterocycles. The van der Waals surface area contributed by atoms with Crippen molar-refractivity contribution in [2.75, 3.05) is 6.54 Å². The Morgan fingerprint density at radius 3 is 2.45 bits per heavy atom. The van der Waals surface area contributed by atoms with E-state index in [4.69, 9.17) is 5.73 Å². The number of primary amides is 1. The molecule has 3 rings (SSSR count). The fourth-order valence-corrected chi connectivity index (χ4v) is 3.33. The van der Waals surface area contributed by atoms with Gasteiger partial charge in [0.25, 0.3) is 0 Å². The van der Waals surface area contributed by atoms with Gasteiger partial charge in [0.05, 0.1) is 11.5 Å². The molecule has 1 aliphatic rings. The summed E-state index contributed by atoms with van der Waals surface area (Å²) in [5, 5.41) is 2.67. The SMILES string of the molecule is NC(=O)C(CNC(=O)C1CC1c1cccc(C(F)(F)F)c1)Cc1ccc(F)cc1. The molecule has 0 aliphatic heterocycles. The normalized spacial score (nSPS) is 19.4. The molecule has 0 spiro atoms. The summed E-state index contributed by atoms with van der Waals surface area (Å²) >= 11 is 0. The molecule has 2 aromatic rings. The number of benzene rings is 2. The third-order valence-corrected chi connectivity index (χ3v) is 5.09. The van der Waals surface area contributed by atoms with Crippen LogP contribution in [0.15, 0.2) is 48.5 Å². The fourth-order valence-electron chi connectivity index (χ4n) is 3.33. The van der Waals surface area contributed by atoms with Crippen molar-refractivity contribution in [2.45, 2.75) is 24.9 Å². The number of rotatable bonds is 7. The second-order valence-electron chi connectivity index (χ2n) is 7.25. The van der Waals surface area contributed by atoms with Gasteiger partial charge in [0, 0.05) is 12.5 Å². The molecule has 0 saturated heterocycles. The van der Waals surface area contributed by atoms with Crippen LogP contribution in [0.2, 0.25) is 0 Å². The third-order valence-electron chi connectivity index (χ3n) is 5.09. The van der Waals surface area contributed by atoms with Gasteiger partial charge in [-0.2, -0.15) is 13.2 Å². The highest BCUT2D eigenvalue weighted by atomic mass is 19.4. The van der Waals surface area contributed by atoms with E-state index in [0.29, 0.717) is 17.5 Å². The van der Waals surface area contributed by atoms with Gasteiger partial charge in [0.15, 0.2) is 0 Å². The number of nitrogens with two attached hydrogens (primary N) is 1. The van der Waals surface area contributed by atoms with Gasteiger partial charge in [0.1, 0.15) is 5.82 Å². The first-order chi connectivity index (χ1) is 13.6. The smallest absolute Gasteiger partial charge is 0.369 e.